The topological polar surface area (TPSA) is 114 Å². The summed E-state index contributed by atoms with van der Waals surface area (Å²) in [7, 11) is -3.43. The number of fused-ring (bicyclic) bond motifs is 1. The van der Waals surface area contributed by atoms with Crippen molar-refractivity contribution in [3.63, 3.8) is 0 Å². The molecule has 3 heterocycles. The van der Waals surface area contributed by atoms with Crippen molar-refractivity contribution in [1.29, 1.82) is 0 Å². The Morgan fingerprint density at radius 3 is 2.74 bits per heavy atom. The number of carbonyl (C=O) groups excluding carboxylic acids is 1. The average molecular weight is 446 g/mol. The standard InChI is InChI=1S/C21H27N5O4S/c1-3-22-21(27)23-16-8-6-15(7-9-16)19-24-17-5-4-12-31(28,29)18(17)20(25-19)26-10-11-30-13-14(26)2/h6-9,14H,3-5,10-13H2,1-2H3,(H2,22,23,27)/t14-/m1/s1. The molecular formula is C21H27N5O4S. The normalized spacial score (nSPS) is 20.1. The lowest BCUT2D eigenvalue weighted by atomic mass is 10.1. The van der Waals surface area contributed by atoms with Crippen LogP contribution in [0.4, 0.5) is 16.3 Å². The number of aryl methyl sites for hydroxylation is 1. The van der Waals surface area contributed by atoms with Crippen molar-refractivity contribution in [3.05, 3.63) is 30.0 Å². The summed E-state index contributed by atoms with van der Waals surface area (Å²) in [5, 5.41) is 5.44. The van der Waals surface area contributed by atoms with Crippen LogP contribution >= 0.6 is 0 Å². The number of nitrogens with zero attached hydrogens (tertiary/aromatic N) is 3. The number of nitrogens with one attached hydrogen (secondary N) is 2. The molecule has 0 unspecified atom stereocenters. The molecule has 0 aliphatic carbocycles. The SMILES string of the molecule is CCNC(=O)Nc1ccc(-c2nc3c(c(N4CCOC[C@H]4C)n2)S(=O)(=O)CCC3)cc1. The fourth-order valence-electron chi connectivity index (χ4n) is 3.91. The van der Waals surface area contributed by atoms with Gasteiger partial charge in [0, 0.05) is 24.3 Å². The molecule has 0 spiro atoms. The third-order valence-electron chi connectivity index (χ3n) is 5.43. The molecule has 1 saturated heterocycles. The van der Waals surface area contributed by atoms with Gasteiger partial charge in [-0.1, -0.05) is 0 Å². The second-order valence-corrected chi connectivity index (χ2v) is 9.79. The van der Waals surface area contributed by atoms with Crippen molar-refractivity contribution in [3.8, 4) is 11.4 Å². The lowest BCUT2D eigenvalue weighted by Crippen LogP contribution is -2.45. The van der Waals surface area contributed by atoms with Crippen LogP contribution in [0.3, 0.4) is 0 Å². The van der Waals surface area contributed by atoms with E-state index in [1.54, 1.807) is 12.1 Å². The first-order valence-corrected chi connectivity index (χ1v) is 12.2. The van der Waals surface area contributed by atoms with E-state index < -0.39 is 9.84 Å². The van der Waals surface area contributed by atoms with Crippen LogP contribution < -0.4 is 15.5 Å². The van der Waals surface area contributed by atoms with Gasteiger partial charge in [-0.3, -0.25) is 0 Å². The lowest BCUT2D eigenvalue weighted by molar-refractivity contribution is 0.0982. The molecule has 0 bridgehead atoms. The summed E-state index contributed by atoms with van der Waals surface area (Å²) in [5.41, 5.74) is 1.99. The smallest absolute Gasteiger partial charge is 0.319 e. The van der Waals surface area contributed by atoms with E-state index in [1.165, 1.54) is 0 Å². The van der Waals surface area contributed by atoms with Gasteiger partial charge in [0.05, 0.1) is 30.7 Å². The first-order chi connectivity index (χ1) is 14.9. The Labute approximate surface area is 182 Å². The average Bonchev–Trinajstić information content (AvgIpc) is 2.74. The van der Waals surface area contributed by atoms with E-state index in [-0.39, 0.29) is 22.7 Å². The number of morpholine rings is 1. The molecule has 1 fully saturated rings. The van der Waals surface area contributed by atoms with Crippen LogP contribution in [0.1, 0.15) is 26.0 Å². The number of carbonyl (C=O) groups is 1. The minimum absolute atomic E-state index is 0.0152. The Kier molecular flexibility index (Phi) is 6.10. The highest BCUT2D eigenvalue weighted by Gasteiger charge is 2.34. The van der Waals surface area contributed by atoms with E-state index in [9.17, 15) is 13.2 Å². The highest BCUT2D eigenvalue weighted by atomic mass is 32.2. The molecule has 4 rings (SSSR count). The number of hydrogen-bond donors (Lipinski definition) is 2. The molecule has 2 amide bonds. The molecule has 1 aromatic heterocycles. The molecule has 10 heteroatoms. The number of rotatable bonds is 4. The number of urea groups is 1. The van der Waals surface area contributed by atoms with Crippen molar-refractivity contribution in [1.82, 2.24) is 15.3 Å². The van der Waals surface area contributed by atoms with Gasteiger partial charge in [0.1, 0.15) is 4.90 Å². The fraction of sp³-hybridized carbons (Fsp3) is 0.476. The van der Waals surface area contributed by atoms with E-state index in [4.69, 9.17) is 9.72 Å². The summed E-state index contributed by atoms with van der Waals surface area (Å²) in [6, 6.07) is 6.96. The van der Waals surface area contributed by atoms with Crippen molar-refractivity contribution < 1.29 is 17.9 Å². The van der Waals surface area contributed by atoms with Gasteiger partial charge < -0.3 is 20.3 Å². The monoisotopic (exact) mass is 445 g/mol. The summed E-state index contributed by atoms with van der Waals surface area (Å²) in [5.74, 6) is 1.07. The number of ether oxygens (including phenoxy) is 1. The van der Waals surface area contributed by atoms with Gasteiger partial charge in [-0.25, -0.2) is 23.2 Å². The van der Waals surface area contributed by atoms with Crippen molar-refractivity contribution in [2.24, 2.45) is 0 Å². The van der Waals surface area contributed by atoms with Crippen LogP contribution in [0, 0.1) is 0 Å². The summed E-state index contributed by atoms with van der Waals surface area (Å²) < 4.78 is 31.3. The van der Waals surface area contributed by atoms with Crippen LogP contribution in [-0.4, -0.2) is 62.5 Å². The second kappa shape index (κ2) is 8.80. The Morgan fingerprint density at radius 1 is 1.26 bits per heavy atom. The number of aromatic nitrogens is 2. The maximum atomic E-state index is 12.9. The fourth-order valence-corrected chi connectivity index (χ4v) is 5.58. The zero-order valence-electron chi connectivity index (χ0n) is 17.7. The maximum absolute atomic E-state index is 12.9. The van der Waals surface area contributed by atoms with Gasteiger partial charge in [0.2, 0.25) is 0 Å². The molecule has 9 nitrogen and oxygen atoms in total. The van der Waals surface area contributed by atoms with Gasteiger partial charge in [0.15, 0.2) is 21.5 Å². The Balaban J connectivity index is 1.74. The predicted octanol–water partition coefficient (Wildman–Crippen LogP) is 2.23. The highest BCUT2D eigenvalue weighted by molar-refractivity contribution is 7.91. The van der Waals surface area contributed by atoms with Crippen LogP contribution in [0.25, 0.3) is 11.4 Å². The largest absolute Gasteiger partial charge is 0.377 e. The molecule has 31 heavy (non-hydrogen) atoms. The highest BCUT2D eigenvalue weighted by Crippen LogP contribution is 2.35. The molecule has 166 valence electrons. The van der Waals surface area contributed by atoms with Gasteiger partial charge >= 0.3 is 6.03 Å². The zero-order chi connectivity index (χ0) is 22.0. The Hall–Kier alpha value is -2.72. The van der Waals surface area contributed by atoms with Gasteiger partial charge in [0.25, 0.3) is 0 Å². The van der Waals surface area contributed by atoms with Crippen LogP contribution in [-0.2, 0) is 21.0 Å². The van der Waals surface area contributed by atoms with E-state index in [0.29, 0.717) is 62.2 Å². The number of amides is 2. The maximum Gasteiger partial charge on any atom is 0.319 e. The van der Waals surface area contributed by atoms with E-state index in [0.717, 1.165) is 5.56 Å². The second-order valence-electron chi connectivity index (χ2n) is 7.75. The molecule has 2 aromatic rings. The molecule has 2 N–H and O–H groups in total. The van der Waals surface area contributed by atoms with E-state index in [2.05, 4.69) is 15.6 Å². The van der Waals surface area contributed by atoms with Gasteiger partial charge in [-0.15, -0.1) is 0 Å². The summed E-state index contributed by atoms with van der Waals surface area (Å²) >= 11 is 0. The van der Waals surface area contributed by atoms with Crippen LogP contribution in [0.15, 0.2) is 29.2 Å². The van der Waals surface area contributed by atoms with E-state index >= 15 is 0 Å². The number of hydrogen-bond acceptors (Lipinski definition) is 7. The molecular weight excluding hydrogens is 418 g/mol. The van der Waals surface area contributed by atoms with Crippen LogP contribution in [0.5, 0.6) is 0 Å². The van der Waals surface area contributed by atoms with Gasteiger partial charge in [-0.05, 0) is 51.0 Å². The minimum atomic E-state index is -3.43. The number of anilines is 2. The Morgan fingerprint density at radius 2 is 2.03 bits per heavy atom. The summed E-state index contributed by atoms with van der Waals surface area (Å²) in [6.07, 6.45) is 1.16. The van der Waals surface area contributed by atoms with Gasteiger partial charge in [-0.2, -0.15) is 0 Å². The zero-order valence-corrected chi connectivity index (χ0v) is 18.5. The minimum Gasteiger partial charge on any atom is -0.377 e. The third kappa shape index (κ3) is 4.49. The first-order valence-electron chi connectivity index (χ1n) is 10.5. The molecule has 0 saturated carbocycles. The van der Waals surface area contributed by atoms with E-state index in [1.807, 2.05) is 30.9 Å². The number of sulfone groups is 1. The third-order valence-corrected chi connectivity index (χ3v) is 7.30. The Bertz CT molecular complexity index is 1070. The van der Waals surface area contributed by atoms with Crippen molar-refractivity contribution in [2.75, 3.05) is 42.3 Å². The van der Waals surface area contributed by atoms with Crippen molar-refractivity contribution in [2.45, 2.75) is 37.6 Å². The summed E-state index contributed by atoms with van der Waals surface area (Å²) in [6.45, 7) is 6.02. The molecule has 1 aromatic carbocycles. The molecule has 0 radical (unpaired) electrons. The lowest BCUT2D eigenvalue weighted by Gasteiger charge is -2.36. The van der Waals surface area contributed by atoms with Crippen LogP contribution in [0.2, 0.25) is 0 Å². The molecule has 1 atom stereocenters. The molecule has 2 aliphatic rings. The quantitative estimate of drug-likeness (QED) is 0.742. The molecule has 2 aliphatic heterocycles. The summed E-state index contributed by atoms with van der Waals surface area (Å²) in [4.78, 5) is 23.4. The van der Waals surface area contributed by atoms with Crippen molar-refractivity contribution >= 4 is 27.4 Å². The first kappa shape index (κ1) is 21.5. The predicted molar refractivity (Wildman–Crippen MR) is 118 cm³/mol. The number of benzene rings is 1.